The molecule has 0 aliphatic rings. The average Bonchev–Trinajstić information content (AvgIpc) is 2.57. The summed E-state index contributed by atoms with van der Waals surface area (Å²) in [7, 11) is 0. The van der Waals surface area contributed by atoms with E-state index in [-0.39, 0.29) is 0 Å². The fraction of sp³-hybridized carbons (Fsp3) is 0.0667. The van der Waals surface area contributed by atoms with Crippen LogP contribution in [0.15, 0.2) is 49.2 Å². The third-order valence-corrected chi connectivity index (χ3v) is 3.35. The summed E-state index contributed by atoms with van der Waals surface area (Å²) in [5.74, 6) is 0.164. The number of pyridine rings is 2. The van der Waals surface area contributed by atoms with Crippen LogP contribution < -0.4 is 4.72 Å². The highest BCUT2D eigenvalue weighted by Gasteiger charge is 2.15. The van der Waals surface area contributed by atoms with Crippen molar-refractivity contribution in [3.05, 3.63) is 55.0 Å². The smallest absolute Gasteiger partial charge is 0.155 e. The molecule has 7 heteroatoms. The summed E-state index contributed by atoms with van der Waals surface area (Å²) in [6.45, 7) is 0. The van der Waals surface area contributed by atoms with Gasteiger partial charge >= 0.3 is 0 Å². The van der Waals surface area contributed by atoms with E-state index in [0.29, 0.717) is 22.8 Å². The molecule has 0 unspecified atom stereocenters. The second-order valence-electron chi connectivity index (χ2n) is 4.36. The van der Waals surface area contributed by atoms with Crippen LogP contribution in [0.3, 0.4) is 0 Å². The Morgan fingerprint density at radius 1 is 1.05 bits per heavy atom. The first kappa shape index (κ1) is 14.4. The summed E-state index contributed by atoms with van der Waals surface area (Å²) in [6, 6.07) is 5.25. The Morgan fingerprint density at radius 2 is 1.91 bits per heavy atom. The van der Waals surface area contributed by atoms with Crippen molar-refractivity contribution in [2.24, 2.45) is 0 Å². The lowest BCUT2D eigenvalue weighted by Gasteiger charge is -2.10. The van der Waals surface area contributed by atoms with E-state index in [1.165, 1.54) is 18.1 Å². The zero-order valence-corrected chi connectivity index (χ0v) is 12.5. The molecular formula is C15H12FN5S. The molecule has 3 aromatic heterocycles. The monoisotopic (exact) mass is 313 g/mol. The second-order valence-corrected chi connectivity index (χ2v) is 4.97. The Morgan fingerprint density at radius 3 is 2.64 bits per heavy atom. The van der Waals surface area contributed by atoms with E-state index in [1.807, 2.05) is 12.3 Å². The van der Waals surface area contributed by atoms with Crippen molar-refractivity contribution in [2.45, 2.75) is 0 Å². The van der Waals surface area contributed by atoms with Gasteiger partial charge in [0.05, 0.1) is 18.1 Å². The highest BCUT2D eigenvalue weighted by atomic mass is 32.2. The van der Waals surface area contributed by atoms with Gasteiger partial charge in [0.25, 0.3) is 0 Å². The van der Waals surface area contributed by atoms with E-state index in [0.717, 1.165) is 11.8 Å². The number of halogens is 1. The molecule has 0 amide bonds. The van der Waals surface area contributed by atoms with E-state index in [1.54, 1.807) is 30.7 Å². The van der Waals surface area contributed by atoms with Crippen molar-refractivity contribution in [2.75, 3.05) is 11.0 Å². The molecule has 0 bridgehead atoms. The molecule has 0 radical (unpaired) electrons. The molecule has 0 fully saturated rings. The van der Waals surface area contributed by atoms with Crippen molar-refractivity contribution in [3.63, 3.8) is 0 Å². The number of aromatic nitrogens is 4. The normalized spacial score (nSPS) is 10.5. The molecule has 0 saturated heterocycles. The van der Waals surface area contributed by atoms with Crippen LogP contribution in [-0.4, -0.2) is 26.2 Å². The van der Waals surface area contributed by atoms with E-state index in [4.69, 9.17) is 0 Å². The first-order chi connectivity index (χ1) is 10.8. The molecule has 3 heterocycles. The number of anilines is 1. The minimum Gasteiger partial charge on any atom is -0.313 e. The van der Waals surface area contributed by atoms with Gasteiger partial charge in [-0.25, -0.2) is 14.4 Å². The topological polar surface area (TPSA) is 63.6 Å². The van der Waals surface area contributed by atoms with E-state index in [9.17, 15) is 4.39 Å². The van der Waals surface area contributed by atoms with Gasteiger partial charge in [-0.15, -0.1) is 0 Å². The lowest BCUT2D eigenvalue weighted by molar-refractivity contribution is 0.624. The van der Waals surface area contributed by atoms with Crippen molar-refractivity contribution < 1.29 is 4.39 Å². The van der Waals surface area contributed by atoms with Gasteiger partial charge in [0, 0.05) is 36.0 Å². The molecule has 0 aliphatic carbocycles. The SMILES string of the molecule is CSNc1cnc(-c2ccncc2F)c(-c2cccnc2)n1. The lowest BCUT2D eigenvalue weighted by Crippen LogP contribution is -1.99. The molecule has 0 spiro atoms. The highest BCUT2D eigenvalue weighted by molar-refractivity contribution is 7.99. The summed E-state index contributed by atoms with van der Waals surface area (Å²) >= 11 is 1.41. The number of nitrogens with zero attached hydrogens (tertiary/aromatic N) is 4. The quantitative estimate of drug-likeness (QED) is 0.745. The van der Waals surface area contributed by atoms with Gasteiger partial charge in [-0.3, -0.25) is 9.97 Å². The number of hydrogen-bond donors (Lipinski definition) is 1. The van der Waals surface area contributed by atoms with Gasteiger partial charge in [-0.1, -0.05) is 11.9 Å². The van der Waals surface area contributed by atoms with Gasteiger partial charge in [0.2, 0.25) is 0 Å². The van der Waals surface area contributed by atoms with E-state index >= 15 is 0 Å². The van der Waals surface area contributed by atoms with Crippen molar-refractivity contribution in [1.29, 1.82) is 0 Å². The zero-order chi connectivity index (χ0) is 15.4. The molecule has 0 saturated carbocycles. The third-order valence-electron chi connectivity index (χ3n) is 2.94. The first-order valence-corrected chi connectivity index (χ1v) is 7.68. The number of nitrogens with one attached hydrogen (secondary N) is 1. The lowest BCUT2D eigenvalue weighted by atomic mass is 10.1. The largest absolute Gasteiger partial charge is 0.313 e. The van der Waals surface area contributed by atoms with Crippen LogP contribution >= 0.6 is 11.9 Å². The Balaban J connectivity index is 2.20. The van der Waals surface area contributed by atoms with Gasteiger partial charge in [-0.2, -0.15) is 0 Å². The first-order valence-electron chi connectivity index (χ1n) is 6.46. The Hall–Kier alpha value is -2.54. The highest BCUT2D eigenvalue weighted by Crippen LogP contribution is 2.30. The number of hydrogen-bond acceptors (Lipinski definition) is 6. The van der Waals surface area contributed by atoms with Gasteiger partial charge < -0.3 is 4.72 Å². The summed E-state index contributed by atoms with van der Waals surface area (Å²) in [4.78, 5) is 16.8. The van der Waals surface area contributed by atoms with Crippen LogP contribution in [0.4, 0.5) is 10.2 Å². The summed E-state index contributed by atoms with van der Waals surface area (Å²) in [6.07, 6.45) is 9.51. The zero-order valence-electron chi connectivity index (χ0n) is 11.7. The van der Waals surface area contributed by atoms with Crippen molar-refractivity contribution in [3.8, 4) is 22.5 Å². The van der Waals surface area contributed by atoms with Crippen molar-refractivity contribution in [1.82, 2.24) is 19.9 Å². The van der Waals surface area contributed by atoms with Crippen LogP contribution in [0.25, 0.3) is 22.5 Å². The van der Waals surface area contributed by atoms with Crippen LogP contribution in [0.1, 0.15) is 0 Å². The minimum atomic E-state index is -0.437. The molecule has 0 aliphatic heterocycles. The molecule has 110 valence electrons. The van der Waals surface area contributed by atoms with Crippen LogP contribution in [0.5, 0.6) is 0 Å². The standard InChI is InChI=1S/C15H12FN5S/c1-22-21-13-9-19-15(11-4-6-18-8-12(11)16)14(20-13)10-3-2-5-17-7-10/h2-9H,1H3,(H,20,21). The minimum absolute atomic E-state index is 0.358. The maximum Gasteiger partial charge on any atom is 0.155 e. The maximum atomic E-state index is 14.1. The molecule has 3 aromatic rings. The third kappa shape index (κ3) is 2.89. The fourth-order valence-corrected chi connectivity index (χ4v) is 2.32. The van der Waals surface area contributed by atoms with E-state index in [2.05, 4.69) is 24.7 Å². The molecular weight excluding hydrogens is 301 g/mol. The molecule has 0 aromatic carbocycles. The van der Waals surface area contributed by atoms with Gasteiger partial charge in [0.15, 0.2) is 11.6 Å². The Labute approximate surface area is 131 Å². The molecule has 5 nitrogen and oxygen atoms in total. The maximum absolute atomic E-state index is 14.1. The molecule has 1 N–H and O–H groups in total. The van der Waals surface area contributed by atoms with Gasteiger partial charge in [0.1, 0.15) is 5.69 Å². The Bertz CT molecular complexity index is 782. The van der Waals surface area contributed by atoms with Crippen LogP contribution in [-0.2, 0) is 0 Å². The van der Waals surface area contributed by atoms with E-state index < -0.39 is 5.82 Å². The fourth-order valence-electron chi connectivity index (χ4n) is 2.01. The predicted molar refractivity (Wildman–Crippen MR) is 85.6 cm³/mol. The molecule has 0 atom stereocenters. The van der Waals surface area contributed by atoms with Gasteiger partial charge in [-0.05, 0) is 18.2 Å². The average molecular weight is 313 g/mol. The Kier molecular flexibility index (Phi) is 4.24. The predicted octanol–water partition coefficient (Wildman–Crippen LogP) is 3.43. The summed E-state index contributed by atoms with van der Waals surface area (Å²) in [5.41, 5.74) is 2.15. The summed E-state index contributed by atoms with van der Waals surface area (Å²) < 4.78 is 17.1. The summed E-state index contributed by atoms with van der Waals surface area (Å²) in [5, 5.41) is 0. The molecule has 3 rings (SSSR count). The van der Waals surface area contributed by atoms with Crippen LogP contribution in [0.2, 0.25) is 0 Å². The number of rotatable bonds is 4. The second kappa shape index (κ2) is 6.48. The molecule has 22 heavy (non-hydrogen) atoms. The van der Waals surface area contributed by atoms with Crippen LogP contribution in [0, 0.1) is 5.82 Å². The van der Waals surface area contributed by atoms with Crippen molar-refractivity contribution >= 4 is 17.8 Å².